The highest BCUT2D eigenvalue weighted by Crippen LogP contribution is 2.10. The highest BCUT2D eigenvalue weighted by Gasteiger charge is 2.06. The molecular formula is C11H17O2P. The second kappa shape index (κ2) is 5.90. The summed E-state index contributed by atoms with van der Waals surface area (Å²) in [4.78, 5) is 10.6. The molecule has 3 heteroatoms. The second-order valence-corrected chi connectivity index (χ2v) is 3.46. The van der Waals surface area contributed by atoms with E-state index in [1.165, 1.54) is 5.56 Å². The summed E-state index contributed by atoms with van der Waals surface area (Å²) < 4.78 is 4.93. The van der Waals surface area contributed by atoms with E-state index in [2.05, 4.69) is 28.5 Å². The van der Waals surface area contributed by atoms with Gasteiger partial charge in [-0.05, 0) is 17.5 Å². The van der Waals surface area contributed by atoms with Crippen molar-refractivity contribution in [3.05, 3.63) is 35.4 Å². The number of hydrogen-bond donors (Lipinski definition) is 0. The van der Waals surface area contributed by atoms with Crippen LogP contribution in [-0.4, -0.2) is 12.4 Å². The second-order valence-electron chi connectivity index (χ2n) is 3.19. The smallest absolute Gasteiger partial charge is 0.149 e. The molecule has 0 heterocycles. The first-order valence-corrected chi connectivity index (χ1v) is 5.16. The van der Waals surface area contributed by atoms with Crippen molar-refractivity contribution < 1.29 is 10.7 Å². The zero-order chi connectivity index (χ0) is 10.4. The van der Waals surface area contributed by atoms with Crippen LogP contribution in [0.15, 0.2) is 24.3 Å². The minimum absolute atomic E-state index is 0. The van der Waals surface area contributed by atoms with Crippen molar-refractivity contribution in [1.29, 1.82) is 0 Å². The number of aryl methyl sites for hydroxylation is 1. The van der Waals surface area contributed by atoms with Gasteiger partial charge < -0.3 is 9.32 Å². The van der Waals surface area contributed by atoms with Gasteiger partial charge in [0.05, 0.1) is 0 Å². The van der Waals surface area contributed by atoms with Gasteiger partial charge in [-0.2, -0.15) is 0 Å². The van der Waals surface area contributed by atoms with Crippen LogP contribution in [0.4, 0.5) is 0 Å². The summed E-state index contributed by atoms with van der Waals surface area (Å²) in [7, 11) is 2.13. The number of carbonyl (C=O) groups excluding carboxylic acids is 1. The molecule has 1 aromatic carbocycles. The molecular weight excluding hydrogens is 195 g/mol. The molecule has 1 unspecified atom stereocenters. The van der Waals surface area contributed by atoms with Crippen LogP contribution in [0.5, 0.6) is 0 Å². The lowest BCUT2D eigenvalue weighted by Gasteiger charge is -2.08. The summed E-state index contributed by atoms with van der Waals surface area (Å²) in [5.74, 6) is 0. The monoisotopic (exact) mass is 214 g/mol. The molecule has 0 saturated heterocycles. The number of aldehydes is 1. The molecule has 14 heavy (non-hydrogen) atoms. The van der Waals surface area contributed by atoms with Gasteiger partial charge in [-0.3, -0.25) is 0 Å². The fraction of sp³-hybridized carbons (Fsp3) is 0.364. The maximum atomic E-state index is 10.6. The molecule has 0 spiro atoms. The van der Waals surface area contributed by atoms with E-state index >= 15 is 0 Å². The number of benzene rings is 1. The molecule has 2 nitrogen and oxygen atoms in total. The molecule has 0 aromatic heterocycles. The van der Waals surface area contributed by atoms with Crippen molar-refractivity contribution in [1.82, 2.24) is 0 Å². The van der Waals surface area contributed by atoms with Gasteiger partial charge in [0, 0.05) is 17.3 Å². The summed E-state index contributed by atoms with van der Waals surface area (Å²) >= 11 is 0. The average molecular weight is 214 g/mol. The van der Waals surface area contributed by atoms with Crippen LogP contribution in [0, 0.1) is 0 Å². The maximum Gasteiger partial charge on any atom is 0.149 e. The van der Waals surface area contributed by atoms with Crippen LogP contribution in [0.25, 0.3) is 0 Å². The Morgan fingerprint density at radius 1 is 1.57 bits per heavy atom. The molecule has 0 aliphatic rings. The summed E-state index contributed by atoms with van der Waals surface area (Å²) in [5.41, 5.74) is 2.43. The third-order valence-corrected chi connectivity index (χ3v) is 2.51. The van der Waals surface area contributed by atoms with Crippen molar-refractivity contribution in [2.45, 2.75) is 25.9 Å². The van der Waals surface area contributed by atoms with Crippen LogP contribution >= 0.6 is 9.47 Å². The van der Waals surface area contributed by atoms with Gasteiger partial charge in [-0.25, -0.2) is 0 Å². The van der Waals surface area contributed by atoms with Crippen LogP contribution in [-0.2, 0) is 22.2 Å². The van der Waals surface area contributed by atoms with Gasteiger partial charge in [0.25, 0.3) is 0 Å². The predicted octanol–water partition coefficient (Wildman–Crippen LogP) is 2.41. The maximum absolute atomic E-state index is 10.6. The standard InChI is InChI=1S/C11H15O2P.H2/c1-2-9-4-3-5-10(6-9)7-11(8-12)13-14;/h3-6,8,11H,2,7,14H2,1H3;1H/t11-;/m0./s1/i;1+2. The zero-order valence-corrected chi connectivity index (χ0v) is 9.43. The Morgan fingerprint density at radius 2 is 2.29 bits per heavy atom. The van der Waals surface area contributed by atoms with Crippen molar-refractivity contribution in [3.63, 3.8) is 0 Å². The Kier molecular flexibility index (Phi) is 4.78. The van der Waals surface area contributed by atoms with Crippen LogP contribution < -0.4 is 0 Å². The van der Waals surface area contributed by atoms with Crippen molar-refractivity contribution in [2.24, 2.45) is 0 Å². The lowest BCUT2D eigenvalue weighted by atomic mass is 10.0. The van der Waals surface area contributed by atoms with Gasteiger partial charge in [0.1, 0.15) is 12.4 Å². The van der Waals surface area contributed by atoms with E-state index in [0.29, 0.717) is 6.42 Å². The van der Waals surface area contributed by atoms with Gasteiger partial charge in [0.15, 0.2) is 0 Å². The third-order valence-electron chi connectivity index (χ3n) is 2.16. The van der Waals surface area contributed by atoms with E-state index in [4.69, 9.17) is 4.52 Å². The molecule has 2 atom stereocenters. The molecule has 0 aliphatic heterocycles. The highest BCUT2D eigenvalue weighted by atomic mass is 31.0. The number of rotatable bonds is 5. The van der Waals surface area contributed by atoms with Gasteiger partial charge in [0.2, 0.25) is 0 Å². The molecule has 0 fully saturated rings. The minimum atomic E-state index is -0.355. The van der Waals surface area contributed by atoms with Crippen LogP contribution in [0.3, 0.4) is 0 Å². The predicted molar refractivity (Wildman–Crippen MR) is 62.3 cm³/mol. The Morgan fingerprint density at radius 3 is 2.86 bits per heavy atom. The van der Waals surface area contributed by atoms with Crippen molar-refractivity contribution >= 4 is 15.8 Å². The molecule has 0 radical (unpaired) electrons. The summed E-state index contributed by atoms with van der Waals surface area (Å²) in [6.45, 7) is 2.11. The largest absolute Gasteiger partial charge is 0.355 e. The van der Waals surface area contributed by atoms with Gasteiger partial charge in [-0.15, -0.1) is 0 Å². The topological polar surface area (TPSA) is 26.3 Å². The van der Waals surface area contributed by atoms with Crippen LogP contribution in [0.2, 0.25) is 0 Å². The summed E-state index contributed by atoms with van der Waals surface area (Å²) in [6, 6.07) is 8.22. The molecule has 0 bridgehead atoms. The highest BCUT2D eigenvalue weighted by molar-refractivity contribution is 7.09. The molecule has 0 amide bonds. The quantitative estimate of drug-likeness (QED) is 0.555. The van der Waals surface area contributed by atoms with Crippen molar-refractivity contribution in [3.8, 4) is 0 Å². The van der Waals surface area contributed by atoms with Crippen molar-refractivity contribution in [2.75, 3.05) is 0 Å². The van der Waals surface area contributed by atoms with E-state index in [-0.39, 0.29) is 7.53 Å². The van der Waals surface area contributed by atoms with E-state index in [1.807, 2.05) is 12.1 Å². The lowest BCUT2D eigenvalue weighted by Crippen LogP contribution is -2.12. The molecule has 1 aromatic rings. The first-order valence-electron chi connectivity index (χ1n) is 4.68. The summed E-state index contributed by atoms with van der Waals surface area (Å²) in [6.07, 6.45) is 2.13. The summed E-state index contributed by atoms with van der Waals surface area (Å²) in [5, 5.41) is 0. The lowest BCUT2D eigenvalue weighted by molar-refractivity contribution is -0.113. The fourth-order valence-corrected chi connectivity index (χ4v) is 1.50. The average Bonchev–Trinajstić information content (AvgIpc) is 2.26. The molecule has 0 aliphatic carbocycles. The normalized spacial score (nSPS) is 12.4. The Labute approximate surface area is 88.4 Å². The Balaban J connectivity index is 0.00000196. The number of carbonyl (C=O) groups is 1. The number of hydrogen-bond acceptors (Lipinski definition) is 2. The van der Waals surface area contributed by atoms with Gasteiger partial charge >= 0.3 is 0 Å². The van der Waals surface area contributed by atoms with Crippen LogP contribution in [0.1, 0.15) is 19.5 Å². The SMILES string of the molecule is CCc1cccc(C[C@@H](C=O)OP)c1.[3HH]. The van der Waals surface area contributed by atoms with E-state index in [0.717, 1.165) is 18.3 Å². The molecule has 1 rings (SSSR count). The zero-order valence-electron chi connectivity index (χ0n) is 8.27. The van der Waals surface area contributed by atoms with E-state index < -0.39 is 0 Å². The molecule has 0 N–H and O–H groups in total. The molecule has 78 valence electrons. The first-order chi connectivity index (χ1) is 6.80. The third kappa shape index (κ3) is 3.21. The Hall–Kier alpha value is -0.720. The fourth-order valence-electron chi connectivity index (χ4n) is 1.34. The van der Waals surface area contributed by atoms with Gasteiger partial charge in [-0.1, -0.05) is 31.2 Å². The first kappa shape index (κ1) is 11.4. The van der Waals surface area contributed by atoms with E-state index in [1.54, 1.807) is 0 Å². The molecule has 0 saturated carbocycles. The Bertz CT molecular complexity index is 304. The van der Waals surface area contributed by atoms with E-state index in [9.17, 15) is 4.79 Å². The minimum Gasteiger partial charge on any atom is -0.355 e.